The first-order valence-corrected chi connectivity index (χ1v) is 7.38. The number of hydrogen-bond donors (Lipinski definition) is 0. The van der Waals surface area contributed by atoms with Gasteiger partial charge in [0.1, 0.15) is 0 Å². The first kappa shape index (κ1) is 14.3. The fourth-order valence-electron chi connectivity index (χ4n) is 2.77. The van der Waals surface area contributed by atoms with Crippen molar-refractivity contribution in [1.29, 1.82) is 0 Å². The monoisotopic (exact) mass is 259 g/mol. The molecule has 1 aromatic rings. The summed E-state index contributed by atoms with van der Waals surface area (Å²) in [6.07, 6.45) is 1.91. The summed E-state index contributed by atoms with van der Waals surface area (Å²) in [7, 11) is 0. The fourth-order valence-corrected chi connectivity index (χ4v) is 2.77. The van der Waals surface area contributed by atoms with Gasteiger partial charge in [0.15, 0.2) is 5.78 Å². The number of ketones is 1. The van der Waals surface area contributed by atoms with E-state index in [-0.39, 0.29) is 5.78 Å². The Labute approximate surface area is 116 Å². The summed E-state index contributed by atoms with van der Waals surface area (Å²) in [6.45, 7) is 9.88. The summed E-state index contributed by atoms with van der Waals surface area (Å²) >= 11 is 0. The number of carbonyl (C=O) groups is 1. The molecule has 0 saturated carbocycles. The molecule has 0 amide bonds. The van der Waals surface area contributed by atoms with Gasteiger partial charge in [0.05, 0.1) is 0 Å². The maximum atomic E-state index is 12.2. The van der Waals surface area contributed by atoms with Gasteiger partial charge in [-0.1, -0.05) is 37.6 Å². The molecule has 0 bridgehead atoms. The first-order valence-electron chi connectivity index (χ1n) is 7.38. The van der Waals surface area contributed by atoms with Crippen LogP contribution in [0.4, 0.5) is 0 Å². The van der Waals surface area contributed by atoms with Crippen LogP contribution < -0.4 is 0 Å². The van der Waals surface area contributed by atoms with Crippen LogP contribution in [0.3, 0.4) is 0 Å². The van der Waals surface area contributed by atoms with E-state index >= 15 is 0 Å². The van der Waals surface area contributed by atoms with Gasteiger partial charge in [-0.15, -0.1) is 0 Å². The van der Waals surface area contributed by atoms with Crippen LogP contribution in [-0.4, -0.2) is 30.3 Å². The summed E-state index contributed by atoms with van der Waals surface area (Å²) in [6, 6.07) is 7.91. The predicted octanol–water partition coefficient (Wildman–Crippen LogP) is 3.55. The Morgan fingerprint density at radius 1 is 1.32 bits per heavy atom. The van der Waals surface area contributed by atoms with E-state index in [2.05, 4.69) is 18.7 Å². The number of hydrogen-bond acceptors (Lipinski definition) is 2. The molecule has 1 aromatic carbocycles. The minimum absolute atomic E-state index is 0.273. The number of nitrogens with zero attached hydrogens (tertiary/aromatic N) is 1. The molecular formula is C17H25NO. The highest BCUT2D eigenvalue weighted by molar-refractivity contribution is 5.96. The molecule has 104 valence electrons. The third-order valence-corrected chi connectivity index (χ3v) is 4.41. The minimum Gasteiger partial charge on any atom is -0.303 e. The second kappa shape index (κ2) is 6.33. The molecule has 2 rings (SSSR count). The Bertz CT molecular complexity index is 441. The molecule has 1 saturated heterocycles. The van der Waals surface area contributed by atoms with E-state index in [1.807, 2.05) is 31.2 Å². The van der Waals surface area contributed by atoms with Crippen LogP contribution in [0.2, 0.25) is 0 Å². The molecule has 0 aromatic heterocycles. The second-order valence-electron chi connectivity index (χ2n) is 6.09. The number of carbonyl (C=O) groups excluding carboxylic acids is 1. The van der Waals surface area contributed by atoms with Crippen molar-refractivity contribution in [2.24, 2.45) is 11.8 Å². The van der Waals surface area contributed by atoms with Crippen molar-refractivity contribution < 1.29 is 4.79 Å². The Hall–Kier alpha value is -1.15. The number of Topliss-reactive ketones (excluding diaryl/α,β-unsaturated/α-hetero) is 1. The van der Waals surface area contributed by atoms with Crippen molar-refractivity contribution in [2.45, 2.75) is 33.6 Å². The summed E-state index contributed by atoms with van der Waals surface area (Å²) in [5, 5.41) is 0. The smallest absolute Gasteiger partial charge is 0.164 e. The Kier molecular flexibility index (Phi) is 4.76. The number of aryl methyl sites for hydroxylation is 1. The Balaban J connectivity index is 1.84. The van der Waals surface area contributed by atoms with Crippen LogP contribution in [0, 0.1) is 18.8 Å². The van der Waals surface area contributed by atoms with E-state index < -0.39 is 0 Å². The maximum absolute atomic E-state index is 12.2. The number of likely N-dealkylation sites (tertiary alicyclic amines) is 1. The van der Waals surface area contributed by atoms with Crippen molar-refractivity contribution >= 4 is 5.78 Å². The van der Waals surface area contributed by atoms with E-state index in [0.717, 1.165) is 42.6 Å². The lowest BCUT2D eigenvalue weighted by molar-refractivity contribution is 0.0927. The normalized spacial score (nSPS) is 24.4. The molecule has 1 heterocycles. The lowest BCUT2D eigenvalue weighted by Crippen LogP contribution is -2.39. The molecule has 2 atom stereocenters. The Morgan fingerprint density at radius 2 is 2.11 bits per heavy atom. The second-order valence-corrected chi connectivity index (χ2v) is 6.09. The zero-order chi connectivity index (χ0) is 13.8. The zero-order valence-corrected chi connectivity index (χ0v) is 12.4. The van der Waals surface area contributed by atoms with E-state index in [1.54, 1.807) is 0 Å². The van der Waals surface area contributed by atoms with Crippen LogP contribution in [0.1, 0.15) is 42.6 Å². The van der Waals surface area contributed by atoms with Gasteiger partial charge in [-0.25, -0.2) is 0 Å². The van der Waals surface area contributed by atoms with Crippen LogP contribution in [-0.2, 0) is 0 Å². The molecule has 0 aliphatic carbocycles. The van der Waals surface area contributed by atoms with E-state index in [4.69, 9.17) is 0 Å². The van der Waals surface area contributed by atoms with Gasteiger partial charge < -0.3 is 4.90 Å². The number of piperidine rings is 1. The van der Waals surface area contributed by atoms with Gasteiger partial charge in [-0.3, -0.25) is 4.79 Å². The summed E-state index contributed by atoms with van der Waals surface area (Å²) in [4.78, 5) is 14.6. The minimum atomic E-state index is 0.273. The van der Waals surface area contributed by atoms with Crippen molar-refractivity contribution in [3.05, 3.63) is 35.4 Å². The molecule has 2 heteroatoms. The molecular weight excluding hydrogens is 234 g/mol. The van der Waals surface area contributed by atoms with Crippen LogP contribution in [0.15, 0.2) is 24.3 Å². The molecule has 2 nitrogen and oxygen atoms in total. The van der Waals surface area contributed by atoms with Gasteiger partial charge in [0.25, 0.3) is 0 Å². The van der Waals surface area contributed by atoms with Crippen molar-refractivity contribution in [3.63, 3.8) is 0 Å². The third-order valence-electron chi connectivity index (χ3n) is 4.41. The van der Waals surface area contributed by atoms with E-state index in [1.165, 1.54) is 6.42 Å². The SMILES string of the molecule is Cc1cccc(C(=O)CCN2CCC(C)C(C)C2)c1. The topological polar surface area (TPSA) is 20.3 Å². The maximum Gasteiger partial charge on any atom is 0.164 e. The van der Waals surface area contributed by atoms with Gasteiger partial charge in [-0.2, -0.15) is 0 Å². The van der Waals surface area contributed by atoms with Crippen molar-refractivity contribution in [3.8, 4) is 0 Å². The van der Waals surface area contributed by atoms with E-state index in [9.17, 15) is 4.79 Å². The Morgan fingerprint density at radius 3 is 2.79 bits per heavy atom. The quantitative estimate of drug-likeness (QED) is 0.771. The molecule has 0 N–H and O–H groups in total. The summed E-state index contributed by atoms with van der Waals surface area (Å²) in [5.41, 5.74) is 2.02. The first-order chi connectivity index (χ1) is 9.06. The van der Waals surface area contributed by atoms with Gasteiger partial charge in [-0.05, 0) is 37.8 Å². The average Bonchev–Trinajstić information content (AvgIpc) is 2.40. The lowest BCUT2D eigenvalue weighted by Gasteiger charge is -2.35. The fraction of sp³-hybridized carbons (Fsp3) is 0.588. The van der Waals surface area contributed by atoms with Gasteiger partial charge in [0, 0.05) is 25.1 Å². The molecule has 1 aliphatic heterocycles. The average molecular weight is 259 g/mol. The standard InChI is InChI=1S/C17H25NO/c1-13-5-4-6-16(11-13)17(19)8-10-18-9-7-14(2)15(3)12-18/h4-6,11,14-15H,7-10,12H2,1-3H3. The number of benzene rings is 1. The largest absolute Gasteiger partial charge is 0.303 e. The van der Waals surface area contributed by atoms with Crippen molar-refractivity contribution in [2.75, 3.05) is 19.6 Å². The highest BCUT2D eigenvalue weighted by Gasteiger charge is 2.22. The molecule has 1 fully saturated rings. The summed E-state index contributed by atoms with van der Waals surface area (Å²) in [5.74, 6) is 1.85. The number of rotatable bonds is 4. The molecule has 0 spiro atoms. The lowest BCUT2D eigenvalue weighted by atomic mass is 9.88. The van der Waals surface area contributed by atoms with Crippen LogP contribution in [0.5, 0.6) is 0 Å². The highest BCUT2D eigenvalue weighted by Crippen LogP contribution is 2.22. The van der Waals surface area contributed by atoms with Crippen LogP contribution >= 0.6 is 0 Å². The predicted molar refractivity (Wildman–Crippen MR) is 79.5 cm³/mol. The molecule has 2 unspecified atom stereocenters. The van der Waals surface area contributed by atoms with Gasteiger partial charge in [0.2, 0.25) is 0 Å². The van der Waals surface area contributed by atoms with Crippen LogP contribution in [0.25, 0.3) is 0 Å². The van der Waals surface area contributed by atoms with Gasteiger partial charge >= 0.3 is 0 Å². The molecule has 19 heavy (non-hydrogen) atoms. The molecule has 0 radical (unpaired) electrons. The van der Waals surface area contributed by atoms with E-state index in [0.29, 0.717) is 6.42 Å². The zero-order valence-electron chi connectivity index (χ0n) is 12.4. The summed E-state index contributed by atoms with van der Waals surface area (Å²) < 4.78 is 0. The molecule has 1 aliphatic rings. The highest BCUT2D eigenvalue weighted by atomic mass is 16.1. The third kappa shape index (κ3) is 3.90. The van der Waals surface area contributed by atoms with Crippen molar-refractivity contribution in [1.82, 2.24) is 4.90 Å².